The summed E-state index contributed by atoms with van der Waals surface area (Å²) in [5.74, 6) is -0.363. The van der Waals surface area contributed by atoms with Gasteiger partial charge in [0.25, 0.3) is 5.91 Å². The van der Waals surface area contributed by atoms with E-state index in [1.807, 2.05) is 12.1 Å². The molecule has 1 aliphatic rings. The second-order valence-electron chi connectivity index (χ2n) is 6.07. The molecule has 2 aromatic rings. The molecule has 3 rings (SSSR count). The van der Waals surface area contributed by atoms with Crippen LogP contribution in [0, 0.1) is 5.82 Å². The molecule has 23 heavy (non-hydrogen) atoms. The van der Waals surface area contributed by atoms with Crippen LogP contribution in [0.5, 0.6) is 0 Å². The maximum Gasteiger partial charge on any atom is 0.252 e. The first-order chi connectivity index (χ1) is 11.1. The van der Waals surface area contributed by atoms with Gasteiger partial charge in [0.15, 0.2) is 0 Å². The second kappa shape index (κ2) is 6.79. The summed E-state index contributed by atoms with van der Waals surface area (Å²) >= 11 is 3.32. The number of carbonyl (C=O) groups is 1. The summed E-state index contributed by atoms with van der Waals surface area (Å²) in [5.41, 5.74) is 1.54. The summed E-state index contributed by atoms with van der Waals surface area (Å²) in [6.45, 7) is 0.560. The average Bonchev–Trinajstić information content (AvgIpc) is 3.03. The minimum Gasteiger partial charge on any atom is -0.351 e. The Balaban J connectivity index is 1.75. The third-order valence-electron chi connectivity index (χ3n) is 4.57. The number of pyridine rings is 1. The zero-order valence-corrected chi connectivity index (χ0v) is 14.3. The van der Waals surface area contributed by atoms with Crippen molar-refractivity contribution in [2.24, 2.45) is 0 Å². The first kappa shape index (κ1) is 16.1. The fourth-order valence-electron chi connectivity index (χ4n) is 3.31. The number of aromatic nitrogens is 1. The average molecular weight is 377 g/mol. The highest BCUT2D eigenvalue weighted by atomic mass is 79.9. The molecular formula is C18H18BrFN2O. The van der Waals surface area contributed by atoms with Gasteiger partial charge in [-0.05, 0) is 52.5 Å². The highest BCUT2D eigenvalue weighted by Gasteiger charge is 2.36. The highest BCUT2D eigenvalue weighted by molar-refractivity contribution is 9.10. The van der Waals surface area contributed by atoms with Crippen LogP contribution < -0.4 is 5.32 Å². The van der Waals surface area contributed by atoms with Crippen LogP contribution in [0.15, 0.2) is 47.2 Å². The van der Waals surface area contributed by atoms with Gasteiger partial charge in [-0.1, -0.05) is 25.0 Å². The third kappa shape index (κ3) is 3.61. The fraction of sp³-hybridized carbons (Fsp3) is 0.333. The predicted octanol–water partition coefficient (Wildman–Crippen LogP) is 4.23. The molecule has 0 atom stereocenters. The number of nitrogens with zero attached hydrogens (tertiary/aromatic N) is 1. The van der Waals surface area contributed by atoms with Gasteiger partial charge in [0.2, 0.25) is 0 Å². The molecule has 1 aromatic heterocycles. The molecule has 1 heterocycles. The molecule has 5 heteroatoms. The lowest BCUT2D eigenvalue weighted by Crippen LogP contribution is -2.39. The molecule has 1 fully saturated rings. The SMILES string of the molecule is O=C(NCC1(c2ccc(F)cc2)CCCC1)c1cncc(Br)c1. The van der Waals surface area contributed by atoms with Crippen LogP contribution in [0.2, 0.25) is 0 Å². The molecular weight excluding hydrogens is 359 g/mol. The topological polar surface area (TPSA) is 42.0 Å². The molecule has 1 aromatic carbocycles. The molecule has 0 aliphatic heterocycles. The number of carbonyl (C=O) groups excluding carboxylic acids is 1. The number of halogens is 2. The summed E-state index contributed by atoms with van der Waals surface area (Å²) < 4.78 is 14.0. The van der Waals surface area contributed by atoms with Crippen LogP contribution in [-0.2, 0) is 5.41 Å². The van der Waals surface area contributed by atoms with E-state index >= 15 is 0 Å². The van der Waals surface area contributed by atoms with Crippen LogP contribution in [0.4, 0.5) is 4.39 Å². The number of hydrogen-bond acceptors (Lipinski definition) is 2. The summed E-state index contributed by atoms with van der Waals surface area (Å²) in [5, 5.41) is 3.03. The van der Waals surface area contributed by atoms with E-state index in [1.54, 1.807) is 18.5 Å². The first-order valence-electron chi connectivity index (χ1n) is 7.74. The van der Waals surface area contributed by atoms with Gasteiger partial charge in [-0.25, -0.2) is 4.39 Å². The van der Waals surface area contributed by atoms with Crippen LogP contribution in [0.1, 0.15) is 41.6 Å². The monoisotopic (exact) mass is 376 g/mol. The Hall–Kier alpha value is -1.75. The molecule has 120 valence electrons. The number of amides is 1. The van der Waals surface area contributed by atoms with Crippen molar-refractivity contribution in [3.05, 3.63) is 64.1 Å². The van der Waals surface area contributed by atoms with Gasteiger partial charge in [-0.3, -0.25) is 9.78 Å². The quantitative estimate of drug-likeness (QED) is 0.867. The molecule has 1 saturated carbocycles. The van der Waals surface area contributed by atoms with Crippen LogP contribution in [0.3, 0.4) is 0 Å². The molecule has 1 amide bonds. The number of rotatable bonds is 4. The molecule has 1 aliphatic carbocycles. The minimum atomic E-state index is -0.230. The van der Waals surface area contributed by atoms with Gasteiger partial charge in [0.1, 0.15) is 5.82 Å². The smallest absolute Gasteiger partial charge is 0.252 e. The Kier molecular flexibility index (Phi) is 4.76. The van der Waals surface area contributed by atoms with Crippen molar-refractivity contribution in [3.8, 4) is 0 Å². The molecule has 0 bridgehead atoms. The largest absolute Gasteiger partial charge is 0.351 e. The molecule has 0 spiro atoms. The van der Waals surface area contributed by atoms with E-state index in [1.165, 1.54) is 12.1 Å². The maximum absolute atomic E-state index is 13.2. The summed E-state index contributed by atoms with van der Waals surface area (Å²) in [6, 6.07) is 8.42. The lowest BCUT2D eigenvalue weighted by atomic mass is 9.78. The van der Waals surface area contributed by atoms with Gasteiger partial charge in [-0.2, -0.15) is 0 Å². The lowest BCUT2D eigenvalue weighted by molar-refractivity contribution is 0.0942. The Morgan fingerprint density at radius 2 is 1.91 bits per heavy atom. The van der Waals surface area contributed by atoms with Crippen LogP contribution >= 0.6 is 15.9 Å². The Morgan fingerprint density at radius 1 is 1.22 bits per heavy atom. The third-order valence-corrected chi connectivity index (χ3v) is 5.01. The molecule has 3 nitrogen and oxygen atoms in total. The van der Waals surface area contributed by atoms with Crippen molar-refractivity contribution in [1.29, 1.82) is 0 Å². The van der Waals surface area contributed by atoms with E-state index in [9.17, 15) is 9.18 Å². The van der Waals surface area contributed by atoms with Crippen molar-refractivity contribution < 1.29 is 9.18 Å². The highest BCUT2D eigenvalue weighted by Crippen LogP contribution is 2.40. The van der Waals surface area contributed by atoms with E-state index in [0.29, 0.717) is 12.1 Å². The maximum atomic E-state index is 13.2. The van der Waals surface area contributed by atoms with E-state index in [0.717, 1.165) is 35.7 Å². The van der Waals surface area contributed by atoms with E-state index < -0.39 is 0 Å². The lowest BCUT2D eigenvalue weighted by Gasteiger charge is -2.30. The predicted molar refractivity (Wildman–Crippen MR) is 90.8 cm³/mol. The van der Waals surface area contributed by atoms with Crippen LogP contribution in [-0.4, -0.2) is 17.4 Å². The zero-order chi connectivity index (χ0) is 16.3. The van der Waals surface area contributed by atoms with Gasteiger partial charge >= 0.3 is 0 Å². The summed E-state index contributed by atoms with van der Waals surface area (Å²) in [4.78, 5) is 16.4. The summed E-state index contributed by atoms with van der Waals surface area (Å²) in [7, 11) is 0. The number of hydrogen-bond donors (Lipinski definition) is 1. The van der Waals surface area contributed by atoms with Crippen molar-refractivity contribution in [2.75, 3.05) is 6.54 Å². The number of nitrogens with one attached hydrogen (secondary N) is 1. The Bertz CT molecular complexity index is 696. The van der Waals surface area contributed by atoms with Crippen molar-refractivity contribution in [2.45, 2.75) is 31.1 Å². The molecule has 0 unspecified atom stereocenters. The van der Waals surface area contributed by atoms with Gasteiger partial charge < -0.3 is 5.32 Å². The minimum absolute atomic E-state index is 0.0944. The molecule has 0 radical (unpaired) electrons. The normalized spacial score (nSPS) is 16.3. The Morgan fingerprint density at radius 3 is 2.57 bits per heavy atom. The van der Waals surface area contributed by atoms with Gasteiger partial charge in [0, 0.05) is 28.8 Å². The summed E-state index contributed by atoms with van der Waals surface area (Å²) in [6.07, 6.45) is 7.48. The van der Waals surface area contributed by atoms with Crippen molar-refractivity contribution in [3.63, 3.8) is 0 Å². The standard InChI is InChI=1S/C18H18BrFN2O/c19-15-9-13(10-21-11-15)17(23)22-12-18(7-1-2-8-18)14-3-5-16(20)6-4-14/h3-6,9-11H,1-2,7-8,12H2,(H,22,23). The van der Waals surface area contributed by atoms with E-state index in [2.05, 4.69) is 26.2 Å². The van der Waals surface area contributed by atoms with E-state index in [-0.39, 0.29) is 17.1 Å². The Labute approximate surface area is 143 Å². The van der Waals surface area contributed by atoms with Crippen LogP contribution in [0.25, 0.3) is 0 Å². The van der Waals surface area contributed by atoms with Gasteiger partial charge in [-0.15, -0.1) is 0 Å². The second-order valence-corrected chi connectivity index (χ2v) is 6.98. The molecule has 0 saturated heterocycles. The van der Waals surface area contributed by atoms with Crippen molar-refractivity contribution in [1.82, 2.24) is 10.3 Å². The van der Waals surface area contributed by atoms with Gasteiger partial charge in [0.05, 0.1) is 5.56 Å². The van der Waals surface area contributed by atoms with E-state index in [4.69, 9.17) is 0 Å². The number of benzene rings is 1. The fourth-order valence-corrected chi connectivity index (χ4v) is 3.68. The first-order valence-corrected chi connectivity index (χ1v) is 8.53. The zero-order valence-electron chi connectivity index (χ0n) is 12.7. The van der Waals surface area contributed by atoms with Crippen molar-refractivity contribution >= 4 is 21.8 Å². The molecule has 1 N–H and O–H groups in total.